The minimum Gasteiger partial charge on any atom is -0.339 e. The van der Waals surface area contributed by atoms with E-state index >= 15 is 0 Å². The molecule has 0 spiro atoms. The molecule has 0 atom stereocenters. The van der Waals surface area contributed by atoms with E-state index in [1.165, 1.54) is 0 Å². The molecule has 0 radical (unpaired) electrons. The molecular formula is C12H14FN3. The molecule has 1 aromatic carbocycles. The highest BCUT2D eigenvalue weighted by Crippen LogP contribution is 2.33. The molecule has 3 rings (SSSR count). The van der Waals surface area contributed by atoms with E-state index in [2.05, 4.69) is 15.3 Å². The van der Waals surface area contributed by atoms with Gasteiger partial charge in [-0.15, -0.1) is 0 Å². The normalized spacial score (nSPS) is 20.1. The third-order valence-corrected chi connectivity index (χ3v) is 3.21. The molecule has 1 aliphatic heterocycles. The number of nitrogens with one attached hydrogen (secondary N) is 2. The SMILES string of the molecule is FC1(c2nc3ccccc3[nH]2)CCNCC1. The number of alkyl halides is 1. The highest BCUT2D eigenvalue weighted by Gasteiger charge is 2.36. The molecule has 2 aromatic rings. The average Bonchev–Trinajstić information content (AvgIpc) is 2.74. The monoisotopic (exact) mass is 219 g/mol. The number of aromatic nitrogens is 2. The number of benzene rings is 1. The number of imidazole rings is 1. The van der Waals surface area contributed by atoms with Gasteiger partial charge in [-0.1, -0.05) is 12.1 Å². The van der Waals surface area contributed by atoms with Crippen molar-refractivity contribution < 1.29 is 4.39 Å². The van der Waals surface area contributed by atoms with E-state index in [-0.39, 0.29) is 0 Å². The fraction of sp³-hybridized carbons (Fsp3) is 0.417. The summed E-state index contributed by atoms with van der Waals surface area (Å²) in [4.78, 5) is 7.44. The number of halogens is 1. The van der Waals surface area contributed by atoms with Crippen molar-refractivity contribution in [2.24, 2.45) is 0 Å². The van der Waals surface area contributed by atoms with Crippen LogP contribution in [0, 0.1) is 0 Å². The molecule has 0 bridgehead atoms. The molecule has 16 heavy (non-hydrogen) atoms. The van der Waals surface area contributed by atoms with Gasteiger partial charge in [0, 0.05) is 12.8 Å². The number of aromatic amines is 1. The zero-order valence-electron chi connectivity index (χ0n) is 8.96. The zero-order valence-corrected chi connectivity index (χ0v) is 8.96. The van der Waals surface area contributed by atoms with E-state index in [4.69, 9.17) is 0 Å². The molecule has 0 saturated carbocycles. The van der Waals surface area contributed by atoms with E-state index in [9.17, 15) is 4.39 Å². The molecule has 1 aliphatic rings. The third-order valence-electron chi connectivity index (χ3n) is 3.21. The molecule has 2 heterocycles. The summed E-state index contributed by atoms with van der Waals surface area (Å²) in [5, 5.41) is 3.16. The van der Waals surface area contributed by atoms with Crippen LogP contribution in [0.25, 0.3) is 11.0 Å². The van der Waals surface area contributed by atoms with Gasteiger partial charge in [-0.05, 0) is 25.2 Å². The smallest absolute Gasteiger partial charge is 0.170 e. The molecular weight excluding hydrogens is 205 g/mol. The Bertz CT molecular complexity index is 467. The number of nitrogens with zero attached hydrogens (tertiary/aromatic N) is 1. The van der Waals surface area contributed by atoms with Crippen molar-refractivity contribution in [3.8, 4) is 0 Å². The first kappa shape index (κ1) is 9.78. The van der Waals surface area contributed by atoms with Gasteiger partial charge in [0.25, 0.3) is 0 Å². The van der Waals surface area contributed by atoms with Crippen LogP contribution in [0.2, 0.25) is 0 Å². The Labute approximate surface area is 93.1 Å². The van der Waals surface area contributed by atoms with E-state index < -0.39 is 5.67 Å². The van der Waals surface area contributed by atoms with Crippen molar-refractivity contribution in [3.63, 3.8) is 0 Å². The van der Waals surface area contributed by atoms with Gasteiger partial charge < -0.3 is 10.3 Å². The first-order valence-corrected chi connectivity index (χ1v) is 5.63. The Balaban J connectivity index is 2.04. The summed E-state index contributed by atoms with van der Waals surface area (Å²) >= 11 is 0. The quantitative estimate of drug-likeness (QED) is 0.771. The van der Waals surface area contributed by atoms with Gasteiger partial charge in [0.1, 0.15) is 5.82 Å². The van der Waals surface area contributed by atoms with Crippen molar-refractivity contribution >= 4 is 11.0 Å². The maximum absolute atomic E-state index is 14.6. The molecule has 84 valence electrons. The lowest BCUT2D eigenvalue weighted by Gasteiger charge is -2.27. The van der Waals surface area contributed by atoms with Crippen molar-refractivity contribution in [1.82, 2.24) is 15.3 Å². The number of fused-ring (bicyclic) bond motifs is 1. The van der Waals surface area contributed by atoms with Crippen LogP contribution in [0.4, 0.5) is 4.39 Å². The minimum atomic E-state index is -1.29. The lowest BCUT2D eigenvalue weighted by Crippen LogP contribution is -2.37. The lowest BCUT2D eigenvalue weighted by molar-refractivity contribution is 0.106. The summed E-state index contributed by atoms with van der Waals surface area (Å²) in [6.07, 6.45) is 0.986. The van der Waals surface area contributed by atoms with E-state index in [1.807, 2.05) is 24.3 Å². The second-order valence-electron chi connectivity index (χ2n) is 4.32. The molecule has 1 saturated heterocycles. The minimum absolute atomic E-state index is 0.482. The summed E-state index contributed by atoms with van der Waals surface area (Å²) in [5.74, 6) is 0.482. The van der Waals surface area contributed by atoms with E-state index in [0.717, 1.165) is 11.0 Å². The molecule has 1 fully saturated rings. The number of piperidine rings is 1. The fourth-order valence-corrected chi connectivity index (χ4v) is 2.22. The van der Waals surface area contributed by atoms with Crippen LogP contribution >= 0.6 is 0 Å². The van der Waals surface area contributed by atoms with Gasteiger partial charge in [-0.3, -0.25) is 0 Å². The molecule has 1 aromatic heterocycles. The van der Waals surface area contributed by atoms with Crippen LogP contribution in [0.1, 0.15) is 18.7 Å². The average molecular weight is 219 g/mol. The van der Waals surface area contributed by atoms with Gasteiger partial charge in [0.2, 0.25) is 0 Å². The maximum atomic E-state index is 14.6. The molecule has 0 amide bonds. The molecule has 4 heteroatoms. The first-order valence-electron chi connectivity index (χ1n) is 5.63. The number of H-pyrrole nitrogens is 1. The van der Waals surface area contributed by atoms with Crippen LogP contribution < -0.4 is 5.32 Å². The second kappa shape index (κ2) is 3.56. The fourth-order valence-electron chi connectivity index (χ4n) is 2.22. The van der Waals surface area contributed by atoms with Crippen molar-refractivity contribution in [1.29, 1.82) is 0 Å². The van der Waals surface area contributed by atoms with Crippen molar-refractivity contribution in [2.75, 3.05) is 13.1 Å². The van der Waals surface area contributed by atoms with E-state index in [0.29, 0.717) is 31.8 Å². The van der Waals surface area contributed by atoms with Crippen LogP contribution in [-0.4, -0.2) is 23.1 Å². The molecule has 3 nitrogen and oxygen atoms in total. The molecule has 0 unspecified atom stereocenters. The lowest BCUT2D eigenvalue weighted by atomic mass is 9.94. The number of para-hydroxylation sites is 2. The van der Waals surface area contributed by atoms with Crippen LogP contribution in [-0.2, 0) is 5.67 Å². The Hall–Kier alpha value is -1.42. The second-order valence-corrected chi connectivity index (χ2v) is 4.32. The van der Waals surface area contributed by atoms with Crippen molar-refractivity contribution in [3.05, 3.63) is 30.1 Å². The Morgan fingerprint density at radius 1 is 1.19 bits per heavy atom. The Kier molecular flexibility index (Phi) is 2.17. The number of hydrogen-bond donors (Lipinski definition) is 2. The first-order chi connectivity index (χ1) is 7.78. The topological polar surface area (TPSA) is 40.7 Å². The van der Waals surface area contributed by atoms with Gasteiger partial charge in [-0.25, -0.2) is 9.37 Å². The highest BCUT2D eigenvalue weighted by atomic mass is 19.1. The standard InChI is InChI=1S/C12H14FN3/c13-12(5-7-14-8-6-12)11-15-9-3-1-2-4-10(9)16-11/h1-4,14H,5-8H2,(H,15,16). The Morgan fingerprint density at radius 3 is 2.69 bits per heavy atom. The summed E-state index contributed by atoms with van der Waals surface area (Å²) in [6.45, 7) is 1.43. The van der Waals surface area contributed by atoms with E-state index in [1.54, 1.807) is 0 Å². The maximum Gasteiger partial charge on any atom is 0.170 e. The molecule has 2 N–H and O–H groups in total. The number of rotatable bonds is 1. The van der Waals surface area contributed by atoms with Crippen LogP contribution in [0.3, 0.4) is 0 Å². The van der Waals surface area contributed by atoms with Crippen molar-refractivity contribution in [2.45, 2.75) is 18.5 Å². The van der Waals surface area contributed by atoms with Gasteiger partial charge in [0.15, 0.2) is 5.67 Å². The summed E-state index contributed by atoms with van der Waals surface area (Å²) in [7, 11) is 0. The summed E-state index contributed by atoms with van der Waals surface area (Å²) in [5.41, 5.74) is 0.464. The third kappa shape index (κ3) is 1.50. The molecule has 0 aliphatic carbocycles. The van der Waals surface area contributed by atoms with Gasteiger partial charge in [0.05, 0.1) is 11.0 Å². The predicted molar refractivity (Wildman–Crippen MR) is 61.0 cm³/mol. The van der Waals surface area contributed by atoms with Gasteiger partial charge >= 0.3 is 0 Å². The van der Waals surface area contributed by atoms with Crippen LogP contribution in [0.5, 0.6) is 0 Å². The number of hydrogen-bond acceptors (Lipinski definition) is 2. The summed E-state index contributed by atoms with van der Waals surface area (Å²) < 4.78 is 14.6. The zero-order chi connectivity index (χ0) is 11.0. The highest BCUT2D eigenvalue weighted by molar-refractivity contribution is 5.74. The van der Waals surface area contributed by atoms with Crippen LogP contribution in [0.15, 0.2) is 24.3 Å². The Morgan fingerprint density at radius 2 is 1.94 bits per heavy atom. The van der Waals surface area contributed by atoms with Gasteiger partial charge in [-0.2, -0.15) is 0 Å². The largest absolute Gasteiger partial charge is 0.339 e. The summed E-state index contributed by atoms with van der Waals surface area (Å²) in [6, 6.07) is 7.67. The predicted octanol–water partition coefficient (Wildman–Crippen LogP) is 2.11.